The van der Waals surface area contributed by atoms with Crippen molar-refractivity contribution in [3.63, 3.8) is 0 Å². The molecular formula is C28H37F3N4O5S. The number of carbonyl (C=O) groups is 2. The average molecular weight is 599 g/mol. The van der Waals surface area contributed by atoms with Gasteiger partial charge in [0.05, 0.1) is 10.5 Å². The van der Waals surface area contributed by atoms with E-state index in [1.165, 1.54) is 0 Å². The molecule has 2 saturated heterocycles. The first-order chi connectivity index (χ1) is 19.2. The number of alkyl halides is 3. The summed E-state index contributed by atoms with van der Waals surface area (Å²) in [5.74, 6) is -2.77. The lowest BCUT2D eigenvalue weighted by molar-refractivity contribution is -0.192. The van der Waals surface area contributed by atoms with Crippen molar-refractivity contribution in [1.82, 2.24) is 10.2 Å². The lowest BCUT2D eigenvalue weighted by atomic mass is 10.1. The zero-order valence-corrected chi connectivity index (χ0v) is 24.3. The summed E-state index contributed by atoms with van der Waals surface area (Å²) >= 11 is 0. The zero-order valence-electron chi connectivity index (χ0n) is 23.5. The fourth-order valence-corrected chi connectivity index (χ4v) is 6.19. The Morgan fingerprint density at radius 2 is 1.44 bits per heavy atom. The Morgan fingerprint density at radius 1 is 0.878 bits per heavy atom. The van der Waals surface area contributed by atoms with E-state index < -0.39 is 22.2 Å². The number of rotatable bonds is 5. The Kier molecular flexibility index (Phi) is 10.6. The molecule has 2 aromatic rings. The van der Waals surface area contributed by atoms with Crippen LogP contribution in [0.4, 0.5) is 24.5 Å². The fourth-order valence-electron chi connectivity index (χ4n) is 4.83. The summed E-state index contributed by atoms with van der Waals surface area (Å²) in [6, 6.07) is 8.99. The first-order valence-corrected chi connectivity index (χ1v) is 15.0. The van der Waals surface area contributed by atoms with Gasteiger partial charge in [0, 0.05) is 50.6 Å². The number of nitrogens with one attached hydrogen (secondary N) is 2. The number of carbonyl (C=O) groups excluding carboxylic acids is 1. The smallest absolute Gasteiger partial charge is 0.475 e. The number of halogens is 3. The van der Waals surface area contributed by atoms with E-state index in [1.807, 2.05) is 37.8 Å². The van der Waals surface area contributed by atoms with Crippen molar-refractivity contribution in [3.8, 4) is 0 Å². The summed E-state index contributed by atoms with van der Waals surface area (Å²) < 4.78 is 61.0. The summed E-state index contributed by atoms with van der Waals surface area (Å²) in [6.45, 7) is 10.5. The summed E-state index contributed by atoms with van der Waals surface area (Å²) in [5.41, 5.74) is 4.55. The van der Waals surface area contributed by atoms with Crippen molar-refractivity contribution in [2.45, 2.75) is 57.5 Å². The number of hydrogen-bond acceptors (Lipinski definition) is 6. The SMILES string of the molecule is Cc1cc(C)c(S(=O)(=O)Nc2ccc(N3CCNCC3)c(C(=O)N3CCCCCC3)c2)cc1C.O=C(O)C(F)(F)F. The molecule has 0 saturated carbocycles. The molecule has 226 valence electrons. The van der Waals surface area contributed by atoms with Gasteiger partial charge in [0.1, 0.15) is 0 Å². The molecule has 0 aliphatic carbocycles. The molecule has 1 amide bonds. The Bertz CT molecular complexity index is 1350. The van der Waals surface area contributed by atoms with Crippen LogP contribution < -0.4 is 14.9 Å². The van der Waals surface area contributed by atoms with Crippen LogP contribution in [0.25, 0.3) is 0 Å². The minimum atomic E-state index is -5.08. The normalized spacial score (nSPS) is 16.3. The van der Waals surface area contributed by atoms with E-state index in [4.69, 9.17) is 9.90 Å². The monoisotopic (exact) mass is 598 g/mol. The predicted octanol–water partition coefficient (Wildman–Crippen LogP) is 4.47. The molecular weight excluding hydrogens is 561 g/mol. The minimum Gasteiger partial charge on any atom is -0.475 e. The number of aryl methyl sites for hydroxylation is 3. The second-order valence-corrected chi connectivity index (χ2v) is 11.9. The van der Waals surface area contributed by atoms with Crippen molar-refractivity contribution in [2.24, 2.45) is 0 Å². The van der Waals surface area contributed by atoms with Gasteiger partial charge in [-0.2, -0.15) is 13.2 Å². The topological polar surface area (TPSA) is 119 Å². The van der Waals surface area contributed by atoms with Gasteiger partial charge < -0.3 is 20.2 Å². The molecule has 3 N–H and O–H groups in total. The van der Waals surface area contributed by atoms with Gasteiger partial charge in [0.25, 0.3) is 15.9 Å². The molecule has 2 aromatic carbocycles. The number of anilines is 2. The van der Waals surface area contributed by atoms with E-state index in [9.17, 15) is 26.4 Å². The Balaban J connectivity index is 0.000000587. The van der Waals surface area contributed by atoms with Gasteiger partial charge >= 0.3 is 12.1 Å². The third kappa shape index (κ3) is 8.59. The van der Waals surface area contributed by atoms with Crippen LogP contribution in [0.1, 0.15) is 52.7 Å². The molecule has 41 heavy (non-hydrogen) atoms. The molecule has 2 aliphatic rings. The van der Waals surface area contributed by atoms with Crippen molar-refractivity contribution < 1.29 is 36.3 Å². The van der Waals surface area contributed by atoms with E-state index in [0.29, 0.717) is 16.8 Å². The molecule has 2 heterocycles. The van der Waals surface area contributed by atoms with Crippen molar-refractivity contribution in [1.29, 1.82) is 0 Å². The van der Waals surface area contributed by atoms with Gasteiger partial charge in [0.2, 0.25) is 0 Å². The zero-order chi connectivity index (χ0) is 30.4. The summed E-state index contributed by atoms with van der Waals surface area (Å²) in [7, 11) is -3.79. The molecule has 0 bridgehead atoms. The molecule has 4 rings (SSSR count). The maximum atomic E-state index is 13.6. The molecule has 0 radical (unpaired) electrons. The third-order valence-electron chi connectivity index (χ3n) is 7.15. The number of carboxylic acids is 1. The number of aliphatic carboxylic acids is 1. The molecule has 2 fully saturated rings. The number of nitrogens with zero attached hydrogens (tertiary/aromatic N) is 2. The average Bonchev–Trinajstić information content (AvgIpc) is 3.20. The number of carboxylic acid groups (broad SMARTS) is 1. The van der Waals surface area contributed by atoms with Crippen LogP contribution >= 0.6 is 0 Å². The highest BCUT2D eigenvalue weighted by Gasteiger charge is 2.38. The van der Waals surface area contributed by atoms with Crippen LogP contribution in [0, 0.1) is 20.8 Å². The summed E-state index contributed by atoms with van der Waals surface area (Å²) in [6.07, 6.45) is -0.784. The highest BCUT2D eigenvalue weighted by Crippen LogP contribution is 2.29. The van der Waals surface area contributed by atoms with E-state index in [2.05, 4.69) is 14.9 Å². The molecule has 13 heteroatoms. The van der Waals surface area contributed by atoms with Crippen molar-refractivity contribution in [2.75, 3.05) is 48.9 Å². The summed E-state index contributed by atoms with van der Waals surface area (Å²) in [4.78, 5) is 27.0. The van der Waals surface area contributed by atoms with Crippen LogP contribution in [0.5, 0.6) is 0 Å². The highest BCUT2D eigenvalue weighted by molar-refractivity contribution is 7.92. The van der Waals surface area contributed by atoms with E-state index in [1.54, 1.807) is 18.2 Å². The quantitative estimate of drug-likeness (QED) is 0.465. The number of hydrogen-bond donors (Lipinski definition) is 3. The molecule has 0 atom stereocenters. The van der Waals surface area contributed by atoms with Gasteiger partial charge in [-0.15, -0.1) is 0 Å². The number of likely N-dealkylation sites (tertiary alicyclic amines) is 1. The predicted molar refractivity (Wildman–Crippen MR) is 151 cm³/mol. The number of benzene rings is 2. The highest BCUT2D eigenvalue weighted by atomic mass is 32.2. The molecule has 9 nitrogen and oxygen atoms in total. The molecule has 0 spiro atoms. The number of amides is 1. The maximum Gasteiger partial charge on any atom is 0.490 e. The Hall–Kier alpha value is -3.32. The molecule has 2 aliphatic heterocycles. The lowest BCUT2D eigenvalue weighted by Crippen LogP contribution is -2.44. The molecule has 0 unspecified atom stereocenters. The van der Waals surface area contributed by atoms with Crippen LogP contribution in [0.2, 0.25) is 0 Å². The minimum absolute atomic E-state index is 0.0150. The maximum absolute atomic E-state index is 13.6. The van der Waals surface area contributed by atoms with Gasteiger partial charge in [-0.05, 0) is 74.6 Å². The van der Waals surface area contributed by atoms with Crippen LogP contribution in [-0.2, 0) is 14.8 Å². The van der Waals surface area contributed by atoms with Gasteiger partial charge in [-0.25, -0.2) is 13.2 Å². The van der Waals surface area contributed by atoms with Gasteiger partial charge in [-0.3, -0.25) is 9.52 Å². The number of piperazine rings is 1. The Labute approximate surface area is 238 Å². The van der Waals surface area contributed by atoms with E-state index in [0.717, 1.165) is 81.8 Å². The summed E-state index contributed by atoms with van der Waals surface area (Å²) in [5, 5.41) is 10.5. The second kappa shape index (κ2) is 13.6. The first-order valence-electron chi connectivity index (χ1n) is 13.5. The van der Waals surface area contributed by atoms with Gasteiger partial charge in [-0.1, -0.05) is 18.9 Å². The van der Waals surface area contributed by atoms with Crippen LogP contribution in [0.3, 0.4) is 0 Å². The standard InChI is InChI=1S/C26H36N4O3S.C2HF3O2/c1-19-16-21(3)25(17-20(19)2)34(32,33)28-22-8-9-24(29-14-10-27-11-15-29)23(18-22)26(31)30-12-6-4-5-7-13-30;3-2(4,5)1(6)7/h8-9,16-18,27-28H,4-7,10-15H2,1-3H3;(H,6,7). The first kappa shape index (κ1) is 32.2. The molecule has 0 aromatic heterocycles. The van der Waals surface area contributed by atoms with Crippen LogP contribution in [0.15, 0.2) is 35.2 Å². The van der Waals surface area contributed by atoms with E-state index in [-0.39, 0.29) is 10.8 Å². The van der Waals surface area contributed by atoms with Gasteiger partial charge in [0.15, 0.2) is 0 Å². The van der Waals surface area contributed by atoms with Crippen molar-refractivity contribution in [3.05, 3.63) is 52.6 Å². The third-order valence-corrected chi connectivity index (χ3v) is 8.68. The van der Waals surface area contributed by atoms with E-state index >= 15 is 0 Å². The van der Waals surface area contributed by atoms with Crippen molar-refractivity contribution >= 4 is 33.3 Å². The number of sulfonamides is 1. The second-order valence-electron chi connectivity index (χ2n) is 10.3. The Morgan fingerprint density at radius 3 is 2.00 bits per heavy atom. The fraction of sp³-hybridized carbons (Fsp3) is 0.500. The largest absolute Gasteiger partial charge is 0.490 e. The lowest BCUT2D eigenvalue weighted by Gasteiger charge is -2.32. The van der Waals surface area contributed by atoms with Crippen LogP contribution in [-0.4, -0.2) is 75.7 Å².